The topological polar surface area (TPSA) is 51.7 Å². The highest BCUT2D eigenvalue weighted by Crippen LogP contribution is 2.25. The molecule has 0 fully saturated rings. The Hall–Kier alpha value is -3.18. The second kappa shape index (κ2) is 12.3. The van der Waals surface area contributed by atoms with Gasteiger partial charge in [-0.1, -0.05) is 43.3 Å². The van der Waals surface area contributed by atoms with Crippen molar-refractivity contribution < 1.29 is 14.3 Å². The number of aromatic nitrogens is 1. The molecular formula is C29H34N2O3. The van der Waals surface area contributed by atoms with Gasteiger partial charge in [0.15, 0.2) is 0 Å². The number of aryl methyl sites for hydroxylation is 2. The Labute approximate surface area is 202 Å². The molecule has 34 heavy (non-hydrogen) atoms. The molecule has 0 unspecified atom stereocenters. The van der Waals surface area contributed by atoms with E-state index in [2.05, 4.69) is 54.4 Å². The van der Waals surface area contributed by atoms with Gasteiger partial charge in [0, 0.05) is 38.3 Å². The fourth-order valence-corrected chi connectivity index (χ4v) is 4.34. The van der Waals surface area contributed by atoms with Crippen LogP contribution in [0.1, 0.15) is 47.6 Å². The van der Waals surface area contributed by atoms with E-state index in [9.17, 15) is 4.79 Å². The third kappa shape index (κ3) is 6.91. The highest BCUT2D eigenvalue weighted by molar-refractivity contribution is 5.76. The van der Waals surface area contributed by atoms with Gasteiger partial charge in [-0.15, -0.1) is 0 Å². The van der Waals surface area contributed by atoms with Crippen molar-refractivity contribution in [2.24, 2.45) is 0 Å². The number of pyridine rings is 1. The molecule has 0 radical (unpaired) electrons. The first-order valence-corrected chi connectivity index (χ1v) is 12.3. The molecule has 4 rings (SSSR count). The number of benzene rings is 2. The zero-order valence-corrected chi connectivity index (χ0v) is 20.0. The molecule has 2 aromatic carbocycles. The van der Waals surface area contributed by atoms with Crippen LogP contribution < -0.4 is 4.74 Å². The first-order chi connectivity index (χ1) is 16.7. The lowest BCUT2D eigenvalue weighted by atomic mass is 9.99. The minimum absolute atomic E-state index is 0.171. The van der Waals surface area contributed by atoms with Gasteiger partial charge < -0.3 is 14.4 Å². The molecule has 1 aliphatic rings. The summed E-state index contributed by atoms with van der Waals surface area (Å²) >= 11 is 0. The molecule has 1 aromatic heterocycles. The maximum Gasteiger partial charge on any atom is 0.222 e. The number of hydrogen-bond acceptors (Lipinski definition) is 4. The van der Waals surface area contributed by atoms with Gasteiger partial charge in [0.25, 0.3) is 0 Å². The molecule has 5 heteroatoms. The Kier molecular flexibility index (Phi) is 8.69. The molecule has 2 bridgehead atoms. The molecule has 1 aliphatic heterocycles. The Balaban J connectivity index is 1.47. The number of nitrogens with zero attached hydrogens (tertiary/aromatic N) is 2. The van der Waals surface area contributed by atoms with E-state index in [1.165, 1.54) is 22.3 Å². The molecule has 0 saturated carbocycles. The summed E-state index contributed by atoms with van der Waals surface area (Å²) in [6, 6.07) is 19.0. The first kappa shape index (κ1) is 24.0. The van der Waals surface area contributed by atoms with Crippen LogP contribution in [0.3, 0.4) is 0 Å². The predicted molar refractivity (Wildman–Crippen MR) is 134 cm³/mol. The van der Waals surface area contributed by atoms with Gasteiger partial charge in [0.2, 0.25) is 5.91 Å². The number of carbonyl (C=O) groups excluding carboxylic acids is 1. The summed E-state index contributed by atoms with van der Waals surface area (Å²) in [7, 11) is 0. The zero-order valence-electron chi connectivity index (χ0n) is 20.0. The second-order valence-corrected chi connectivity index (χ2v) is 8.78. The number of carbonyl (C=O) groups is 1. The van der Waals surface area contributed by atoms with Crippen molar-refractivity contribution in [3.8, 4) is 5.75 Å². The molecule has 178 valence electrons. The molecule has 5 nitrogen and oxygen atoms in total. The van der Waals surface area contributed by atoms with E-state index in [4.69, 9.17) is 9.47 Å². The molecule has 3 aromatic rings. The summed E-state index contributed by atoms with van der Waals surface area (Å²) in [5.74, 6) is 1.10. The maximum absolute atomic E-state index is 13.1. The molecule has 1 amide bonds. The van der Waals surface area contributed by atoms with Crippen LogP contribution in [0.25, 0.3) is 0 Å². The van der Waals surface area contributed by atoms with Gasteiger partial charge in [-0.25, -0.2) is 0 Å². The number of ether oxygens (including phenoxy) is 2. The van der Waals surface area contributed by atoms with Crippen molar-refractivity contribution in [3.05, 3.63) is 94.8 Å². The van der Waals surface area contributed by atoms with Crippen molar-refractivity contribution >= 4 is 5.91 Å². The number of hydrogen-bond donors (Lipinski definition) is 0. The summed E-state index contributed by atoms with van der Waals surface area (Å²) < 4.78 is 11.9. The average Bonchev–Trinajstić information content (AvgIpc) is 2.86. The standard InChI is InChI=1S/C29H34N2O3/c1-2-23-9-10-28-27(20-23)21-25-6-3-7-26(19-25)22-31(15-16-33-17-18-34-28)29(32)8-4-5-24-11-13-30-14-12-24/h3,6-7,9-14,19-20H,2,4-5,8,15-18,21-22H2,1H3. The summed E-state index contributed by atoms with van der Waals surface area (Å²) in [4.78, 5) is 19.1. The molecule has 0 N–H and O–H groups in total. The van der Waals surface area contributed by atoms with E-state index < -0.39 is 0 Å². The van der Waals surface area contributed by atoms with E-state index in [0.29, 0.717) is 39.3 Å². The van der Waals surface area contributed by atoms with Crippen LogP contribution in [0.15, 0.2) is 67.0 Å². The normalized spacial score (nSPS) is 14.6. The van der Waals surface area contributed by atoms with Crippen LogP contribution in [-0.4, -0.2) is 42.2 Å². The van der Waals surface area contributed by atoms with Crippen LogP contribution in [0.2, 0.25) is 0 Å². The highest BCUT2D eigenvalue weighted by atomic mass is 16.5. The molecule has 2 heterocycles. The highest BCUT2D eigenvalue weighted by Gasteiger charge is 2.15. The molecule has 0 spiro atoms. The SMILES string of the molecule is CCc1ccc2c(c1)Cc1cccc(c1)CN(C(=O)CCCc1ccncc1)CCOCCO2. The second-order valence-electron chi connectivity index (χ2n) is 8.78. The Morgan fingerprint density at radius 1 is 0.971 bits per heavy atom. The lowest BCUT2D eigenvalue weighted by Crippen LogP contribution is -2.34. The van der Waals surface area contributed by atoms with Crippen molar-refractivity contribution in [2.45, 2.75) is 45.6 Å². The lowest BCUT2D eigenvalue weighted by Gasteiger charge is -2.24. The molecule has 0 aliphatic carbocycles. The van der Waals surface area contributed by atoms with Crippen molar-refractivity contribution in [1.29, 1.82) is 0 Å². The van der Waals surface area contributed by atoms with Gasteiger partial charge in [-0.3, -0.25) is 9.78 Å². The minimum atomic E-state index is 0.171. The minimum Gasteiger partial charge on any atom is -0.491 e. The first-order valence-electron chi connectivity index (χ1n) is 12.3. The largest absolute Gasteiger partial charge is 0.491 e. The monoisotopic (exact) mass is 458 g/mol. The summed E-state index contributed by atoms with van der Waals surface area (Å²) in [6.45, 7) is 4.85. The van der Waals surface area contributed by atoms with E-state index in [1.54, 1.807) is 12.4 Å². The fraction of sp³-hybridized carbons (Fsp3) is 0.379. The summed E-state index contributed by atoms with van der Waals surface area (Å²) in [5, 5.41) is 0. The molecule has 0 atom stereocenters. The number of rotatable bonds is 5. The third-order valence-electron chi connectivity index (χ3n) is 6.24. The maximum atomic E-state index is 13.1. The van der Waals surface area contributed by atoms with Crippen LogP contribution >= 0.6 is 0 Å². The van der Waals surface area contributed by atoms with E-state index >= 15 is 0 Å². The lowest BCUT2D eigenvalue weighted by molar-refractivity contribution is -0.132. The zero-order chi connectivity index (χ0) is 23.6. The van der Waals surface area contributed by atoms with Crippen LogP contribution in [0, 0.1) is 0 Å². The van der Waals surface area contributed by atoms with Gasteiger partial charge in [0.1, 0.15) is 12.4 Å². The molecular weight excluding hydrogens is 424 g/mol. The summed E-state index contributed by atoms with van der Waals surface area (Å²) in [6.07, 6.45) is 7.63. The van der Waals surface area contributed by atoms with E-state index in [1.807, 2.05) is 17.0 Å². The fourth-order valence-electron chi connectivity index (χ4n) is 4.34. The predicted octanol–water partition coefficient (Wildman–Crippen LogP) is 5.00. The smallest absolute Gasteiger partial charge is 0.222 e. The summed E-state index contributed by atoms with van der Waals surface area (Å²) in [5.41, 5.74) is 6.09. The Morgan fingerprint density at radius 2 is 1.82 bits per heavy atom. The Morgan fingerprint density at radius 3 is 2.68 bits per heavy atom. The van der Waals surface area contributed by atoms with E-state index in [0.717, 1.165) is 37.0 Å². The number of fused-ring (bicyclic) bond motifs is 3. The van der Waals surface area contributed by atoms with Gasteiger partial charge >= 0.3 is 0 Å². The van der Waals surface area contributed by atoms with Gasteiger partial charge in [-0.05, 0) is 65.3 Å². The van der Waals surface area contributed by atoms with Crippen LogP contribution in [0.4, 0.5) is 0 Å². The van der Waals surface area contributed by atoms with Gasteiger partial charge in [-0.2, -0.15) is 0 Å². The van der Waals surface area contributed by atoms with Crippen LogP contribution in [-0.2, 0) is 35.3 Å². The van der Waals surface area contributed by atoms with E-state index in [-0.39, 0.29) is 5.91 Å². The van der Waals surface area contributed by atoms with Crippen LogP contribution in [0.5, 0.6) is 5.75 Å². The average molecular weight is 459 g/mol. The number of amides is 1. The van der Waals surface area contributed by atoms with Crippen molar-refractivity contribution in [2.75, 3.05) is 26.4 Å². The molecule has 0 saturated heterocycles. The Bertz CT molecular complexity index is 1070. The quantitative estimate of drug-likeness (QED) is 0.540. The third-order valence-corrected chi connectivity index (χ3v) is 6.24. The van der Waals surface area contributed by atoms with Crippen molar-refractivity contribution in [1.82, 2.24) is 9.88 Å². The van der Waals surface area contributed by atoms with Gasteiger partial charge in [0.05, 0.1) is 13.2 Å². The van der Waals surface area contributed by atoms with Crippen molar-refractivity contribution in [3.63, 3.8) is 0 Å².